The summed E-state index contributed by atoms with van der Waals surface area (Å²) in [5.74, 6) is 1.01. The molecule has 0 aliphatic heterocycles. The molecular weight excluding hydrogens is 254 g/mol. The van der Waals surface area contributed by atoms with Crippen LogP contribution in [0, 0.1) is 6.92 Å². The maximum atomic E-state index is 6.30. The van der Waals surface area contributed by atoms with Crippen molar-refractivity contribution in [3.8, 4) is 11.5 Å². The molecule has 2 aromatic rings. The van der Waals surface area contributed by atoms with Crippen LogP contribution in [0.2, 0.25) is 0 Å². The molecule has 2 rings (SSSR count). The van der Waals surface area contributed by atoms with E-state index in [1.165, 1.54) is 0 Å². The summed E-state index contributed by atoms with van der Waals surface area (Å²) in [6.07, 6.45) is 2.28. The van der Waals surface area contributed by atoms with Gasteiger partial charge in [0.2, 0.25) is 0 Å². The fraction of sp³-hybridized carbons (Fsp3) is 0.571. The predicted octanol–water partition coefficient (Wildman–Crippen LogP) is 2.37. The molecule has 0 radical (unpaired) electrons. The summed E-state index contributed by atoms with van der Waals surface area (Å²) in [5, 5.41) is 12.3. The van der Waals surface area contributed by atoms with Gasteiger partial charge in [-0.1, -0.05) is 25.9 Å². The monoisotopic (exact) mass is 275 g/mol. The number of hydrogen-bond acceptors (Lipinski definition) is 6. The third-order valence-electron chi connectivity index (χ3n) is 3.69. The molecule has 0 aliphatic carbocycles. The SMILES string of the molecule is CCc1nnc(C)cc1-c1nc(C(N)(CC)CC)no1. The predicted molar refractivity (Wildman–Crippen MR) is 75.9 cm³/mol. The van der Waals surface area contributed by atoms with E-state index in [0.29, 0.717) is 11.7 Å². The summed E-state index contributed by atoms with van der Waals surface area (Å²) in [7, 11) is 0. The lowest BCUT2D eigenvalue weighted by atomic mass is 9.93. The van der Waals surface area contributed by atoms with Crippen LogP contribution in [0.4, 0.5) is 0 Å². The lowest BCUT2D eigenvalue weighted by molar-refractivity contribution is 0.350. The second kappa shape index (κ2) is 5.66. The van der Waals surface area contributed by atoms with Gasteiger partial charge in [-0.25, -0.2) is 0 Å². The van der Waals surface area contributed by atoms with Crippen LogP contribution in [0.15, 0.2) is 10.6 Å². The summed E-state index contributed by atoms with van der Waals surface area (Å²) in [6, 6.07) is 1.92. The van der Waals surface area contributed by atoms with E-state index in [2.05, 4.69) is 20.3 Å². The second-order valence-electron chi connectivity index (χ2n) is 4.99. The maximum absolute atomic E-state index is 6.30. The Morgan fingerprint density at radius 1 is 1.20 bits per heavy atom. The molecule has 2 heterocycles. The molecule has 20 heavy (non-hydrogen) atoms. The van der Waals surface area contributed by atoms with Crippen LogP contribution in [0.5, 0.6) is 0 Å². The molecule has 0 bridgehead atoms. The lowest BCUT2D eigenvalue weighted by Gasteiger charge is -2.21. The topological polar surface area (TPSA) is 90.7 Å². The maximum Gasteiger partial charge on any atom is 0.259 e. The van der Waals surface area contributed by atoms with Gasteiger partial charge in [0.15, 0.2) is 5.82 Å². The van der Waals surface area contributed by atoms with Crippen molar-refractivity contribution in [2.45, 2.75) is 52.5 Å². The Labute approximate surface area is 118 Å². The van der Waals surface area contributed by atoms with E-state index >= 15 is 0 Å². The van der Waals surface area contributed by atoms with Gasteiger partial charge < -0.3 is 10.3 Å². The van der Waals surface area contributed by atoms with Gasteiger partial charge in [-0.3, -0.25) is 0 Å². The summed E-state index contributed by atoms with van der Waals surface area (Å²) < 4.78 is 5.39. The van der Waals surface area contributed by atoms with Gasteiger partial charge in [-0.15, -0.1) is 0 Å². The van der Waals surface area contributed by atoms with Crippen LogP contribution < -0.4 is 5.73 Å². The molecule has 2 aromatic heterocycles. The third kappa shape index (κ3) is 2.56. The molecule has 0 aliphatic rings. The van der Waals surface area contributed by atoms with Crippen molar-refractivity contribution in [1.29, 1.82) is 0 Å². The second-order valence-corrected chi connectivity index (χ2v) is 4.99. The fourth-order valence-corrected chi connectivity index (χ4v) is 2.06. The van der Waals surface area contributed by atoms with Crippen LogP contribution in [-0.4, -0.2) is 20.3 Å². The summed E-state index contributed by atoms with van der Waals surface area (Å²) in [5.41, 5.74) is 8.27. The van der Waals surface area contributed by atoms with E-state index in [1.807, 2.05) is 33.8 Å². The Morgan fingerprint density at radius 3 is 2.50 bits per heavy atom. The molecule has 108 valence electrons. The minimum absolute atomic E-state index is 0.464. The summed E-state index contributed by atoms with van der Waals surface area (Å²) >= 11 is 0. The fourth-order valence-electron chi connectivity index (χ4n) is 2.06. The van der Waals surface area contributed by atoms with Gasteiger partial charge >= 0.3 is 0 Å². The van der Waals surface area contributed by atoms with Gasteiger partial charge in [0.1, 0.15) is 0 Å². The standard InChI is InChI=1S/C14H21N5O/c1-5-11-10(8-9(4)17-18-11)12-16-13(19-20-12)14(15,6-2)7-3/h8H,5-7,15H2,1-4H3. The minimum Gasteiger partial charge on any atom is -0.334 e. The number of hydrogen-bond donors (Lipinski definition) is 1. The zero-order valence-electron chi connectivity index (χ0n) is 12.5. The van der Waals surface area contributed by atoms with E-state index in [-0.39, 0.29) is 0 Å². The normalized spacial score (nSPS) is 11.8. The molecular formula is C14H21N5O. The van der Waals surface area contributed by atoms with Crippen LogP contribution in [0.3, 0.4) is 0 Å². The number of nitrogens with two attached hydrogens (primary N) is 1. The molecule has 0 fully saturated rings. The number of nitrogens with zero attached hydrogens (tertiary/aromatic N) is 4. The van der Waals surface area contributed by atoms with E-state index in [1.54, 1.807) is 0 Å². The first-order valence-electron chi connectivity index (χ1n) is 7.00. The zero-order chi connectivity index (χ0) is 14.8. The van der Waals surface area contributed by atoms with Gasteiger partial charge in [0.25, 0.3) is 5.89 Å². The first-order chi connectivity index (χ1) is 9.54. The van der Waals surface area contributed by atoms with Crippen LogP contribution in [-0.2, 0) is 12.0 Å². The van der Waals surface area contributed by atoms with E-state index in [9.17, 15) is 0 Å². The van der Waals surface area contributed by atoms with Crippen molar-refractivity contribution >= 4 is 0 Å². The minimum atomic E-state index is -0.538. The molecule has 0 aromatic carbocycles. The quantitative estimate of drug-likeness (QED) is 0.900. The van der Waals surface area contributed by atoms with Crippen molar-refractivity contribution < 1.29 is 4.52 Å². The lowest BCUT2D eigenvalue weighted by Crippen LogP contribution is -2.36. The van der Waals surface area contributed by atoms with E-state index < -0.39 is 5.54 Å². The average molecular weight is 275 g/mol. The first-order valence-corrected chi connectivity index (χ1v) is 7.00. The third-order valence-corrected chi connectivity index (χ3v) is 3.69. The van der Waals surface area contributed by atoms with Crippen LogP contribution in [0.25, 0.3) is 11.5 Å². The van der Waals surface area contributed by atoms with Gasteiger partial charge in [-0.05, 0) is 32.3 Å². The van der Waals surface area contributed by atoms with E-state index in [0.717, 1.165) is 36.2 Å². The highest BCUT2D eigenvalue weighted by atomic mass is 16.5. The van der Waals surface area contributed by atoms with Gasteiger partial charge in [0, 0.05) is 0 Å². The highest BCUT2D eigenvalue weighted by molar-refractivity contribution is 5.56. The Hall–Kier alpha value is -1.82. The smallest absolute Gasteiger partial charge is 0.259 e. The molecule has 0 saturated heterocycles. The molecule has 0 saturated carbocycles. The van der Waals surface area contributed by atoms with Crippen molar-refractivity contribution in [2.75, 3.05) is 0 Å². The highest BCUT2D eigenvalue weighted by Crippen LogP contribution is 2.27. The van der Waals surface area contributed by atoms with Crippen LogP contribution >= 0.6 is 0 Å². The summed E-state index contributed by atoms with van der Waals surface area (Å²) in [4.78, 5) is 4.47. The van der Waals surface area contributed by atoms with Gasteiger partial charge in [-0.2, -0.15) is 15.2 Å². The average Bonchev–Trinajstić information content (AvgIpc) is 2.96. The largest absolute Gasteiger partial charge is 0.334 e. The molecule has 6 heteroatoms. The van der Waals surface area contributed by atoms with Crippen molar-refractivity contribution in [3.05, 3.63) is 23.3 Å². The molecule has 0 spiro atoms. The Balaban J connectivity index is 2.46. The van der Waals surface area contributed by atoms with E-state index in [4.69, 9.17) is 10.3 Å². The molecule has 0 amide bonds. The molecule has 6 nitrogen and oxygen atoms in total. The van der Waals surface area contributed by atoms with Crippen molar-refractivity contribution in [1.82, 2.24) is 20.3 Å². The number of aromatic nitrogens is 4. The Kier molecular flexibility index (Phi) is 4.13. The van der Waals surface area contributed by atoms with Crippen molar-refractivity contribution in [3.63, 3.8) is 0 Å². The number of rotatable bonds is 5. The Morgan fingerprint density at radius 2 is 1.90 bits per heavy atom. The molecule has 2 N–H and O–H groups in total. The van der Waals surface area contributed by atoms with Gasteiger partial charge in [0.05, 0.1) is 22.5 Å². The first kappa shape index (κ1) is 14.6. The molecule has 0 unspecified atom stereocenters. The van der Waals surface area contributed by atoms with Crippen molar-refractivity contribution in [2.24, 2.45) is 5.73 Å². The molecule has 0 atom stereocenters. The zero-order valence-corrected chi connectivity index (χ0v) is 12.5. The van der Waals surface area contributed by atoms with Crippen LogP contribution in [0.1, 0.15) is 50.8 Å². The summed E-state index contributed by atoms with van der Waals surface area (Å²) in [6.45, 7) is 7.95. The highest BCUT2D eigenvalue weighted by Gasteiger charge is 2.29. The Bertz CT molecular complexity index is 589. The number of aryl methyl sites for hydroxylation is 2.